The van der Waals surface area contributed by atoms with Gasteiger partial charge in [0.2, 0.25) is 5.91 Å². The van der Waals surface area contributed by atoms with E-state index in [1.165, 1.54) is 0 Å². The number of benzene rings is 1. The number of hydrogen-bond acceptors (Lipinski definition) is 5. The molecule has 0 unspecified atom stereocenters. The van der Waals surface area contributed by atoms with E-state index in [0.29, 0.717) is 6.61 Å². The lowest BCUT2D eigenvalue weighted by Crippen LogP contribution is -2.50. The van der Waals surface area contributed by atoms with Crippen molar-refractivity contribution < 1.29 is 14.1 Å². The molecule has 3 rings (SSSR count). The molecule has 1 saturated heterocycles. The average Bonchev–Trinajstić information content (AvgIpc) is 3.23. The number of ether oxygens (including phenoxy) is 1. The van der Waals surface area contributed by atoms with E-state index in [2.05, 4.69) is 10.5 Å². The van der Waals surface area contributed by atoms with Gasteiger partial charge in [-0.05, 0) is 38.8 Å². The summed E-state index contributed by atoms with van der Waals surface area (Å²) in [4.78, 5) is 14.9. The largest absolute Gasteiger partial charge is 0.384 e. The standard InChI is InChI=1S/C23H33N3O3/c1-26(22(27)23(18-28-2)12-14-24-15-13-23)16-8-4-7-11-20-17-21(25-29-20)19-9-5-3-6-10-19/h3,5-6,9-10,17,24H,4,7-8,11-16,18H2,1-2H3. The molecule has 0 bridgehead atoms. The molecule has 2 heterocycles. The van der Waals surface area contributed by atoms with Crippen LogP contribution < -0.4 is 5.32 Å². The SMILES string of the molecule is COCC1(C(=O)N(C)CCCCCc2cc(-c3ccccc3)no2)CCNCC1. The third-order valence-electron chi connectivity index (χ3n) is 5.83. The van der Waals surface area contributed by atoms with Gasteiger partial charge in [0.25, 0.3) is 0 Å². The molecule has 0 radical (unpaired) electrons. The second-order valence-electron chi connectivity index (χ2n) is 8.05. The molecule has 1 aliphatic heterocycles. The van der Waals surface area contributed by atoms with Gasteiger partial charge in [0.15, 0.2) is 0 Å². The van der Waals surface area contributed by atoms with Crippen LogP contribution in [0.1, 0.15) is 37.9 Å². The summed E-state index contributed by atoms with van der Waals surface area (Å²) in [5, 5.41) is 7.51. The van der Waals surface area contributed by atoms with E-state index in [9.17, 15) is 4.79 Å². The van der Waals surface area contributed by atoms with Crippen LogP contribution in [0.4, 0.5) is 0 Å². The first-order valence-corrected chi connectivity index (χ1v) is 10.6. The topological polar surface area (TPSA) is 67.6 Å². The number of methoxy groups -OCH3 is 1. The van der Waals surface area contributed by atoms with Crippen LogP contribution in [0.15, 0.2) is 40.9 Å². The molecular weight excluding hydrogens is 366 g/mol. The van der Waals surface area contributed by atoms with Crippen LogP contribution in [0.2, 0.25) is 0 Å². The van der Waals surface area contributed by atoms with Gasteiger partial charge in [-0.25, -0.2) is 0 Å². The number of hydrogen-bond donors (Lipinski definition) is 1. The molecule has 158 valence electrons. The highest BCUT2D eigenvalue weighted by Gasteiger charge is 2.41. The predicted molar refractivity (Wildman–Crippen MR) is 114 cm³/mol. The third kappa shape index (κ3) is 5.67. The minimum absolute atomic E-state index is 0.226. The third-order valence-corrected chi connectivity index (χ3v) is 5.83. The van der Waals surface area contributed by atoms with Crippen LogP contribution in [0.25, 0.3) is 11.3 Å². The van der Waals surface area contributed by atoms with Crippen molar-refractivity contribution in [2.45, 2.75) is 38.5 Å². The maximum absolute atomic E-state index is 13.0. The number of nitrogens with zero attached hydrogens (tertiary/aromatic N) is 2. The van der Waals surface area contributed by atoms with Gasteiger partial charge in [-0.3, -0.25) is 4.79 Å². The van der Waals surface area contributed by atoms with Crippen LogP contribution in [0.3, 0.4) is 0 Å². The van der Waals surface area contributed by atoms with Gasteiger partial charge >= 0.3 is 0 Å². The van der Waals surface area contributed by atoms with E-state index < -0.39 is 0 Å². The van der Waals surface area contributed by atoms with Crippen molar-refractivity contribution in [1.82, 2.24) is 15.4 Å². The lowest BCUT2D eigenvalue weighted by atomic mass is 9.78. The number of nitrogens with one attached hydrogen (secondary N) is 1. The molecule has 0 spiro atoms. The Labute approximate surface area is 173 Å². The molecule has 1 aromatic heterocycles. The Morgan fingerprint density at radius 2 is 1.97 bits per heavy atom. The van der Waals surface area contributed by atoms with Crippen molar-refractivity contribution >= 4 is 5.91 Å². The Hall–Kier alpha value is -2.18. The predicted octanol–water partition coefficient (Wildman–Crippen LogP) is 3.53. The molecule has 1 N–H and O–H groups in total. The van der Waals surface area contributed by atoms with E-state index in [1.807, 2.05) is 48.3 Å². The number of rotatable bonds is 10. The van der Waals surface area contributed by atoms with Crippen LogP contribution in [-0.2, 0) is 16.0 Å². The molecule has 0 atom stereocenters. The molecule has 0 aliphatic carbocycles. The van der Waals surface area contributed by atoms with E-state index in [-0.39, 0.29) is 11.3 Å². The Kier molecular flexibility index (Phi) is 7.83. The molecule has 6 heteroatoms. The quantitative estimate of drug-likeness (QED) is 0.619. The number of carbonyl (C=O) groups is 1. The smallest absolute Gasteiger partial charge is 0.230 e. The highest BCUT2D eigenvalue weighted by Crippen LogP contribution is 2.31. The van der Waals surface area contributed by atoms with E-state index in [1.54, 1.807) is 7.11 Å². The minimum Gasteiger partial charge on any atom is -0.384 e. The summed E-state index contributed by atoms with van der Waals surface area (Å²) in [6.45, 7) is 3.05. The molecule has 2 aromatic rings. The maximum atomic E-state index is 13.0. The molecule has 6 nitrogen and oxygen atoms in total. The molecule has 0 saturated carbocycles. The number of amides is 1. The number of unbranched alkanes of at least 4 members (excludes halogenated alkanes) is 2. The fraction of sp³-hybridized carbons (Fsp3) is 0.565. The summed E-state index contributed by atoms with van der Waals surface area (Å²) in [6, 6.07) is 12.1. The molecule has 1 aliphatic rings. The van der Waals surface area contributed by atoms with Gasteiger partial charge in [0.1, 0.15) is 11.5 Å². The summed E-state index contributed by atoms with van der Waals surface area (Å²) in [5.74, 6) is 1.14. The number of carbonyl (C=O) groups excluding carboxylic acids is 1. The average molecular weight is 400 g/mol. The van der Waals surface area contributed by atoms with E-state index in [0.717, 1.165) is 75.2 Å². The molecule has 29 heavy (non-hydrogen) atoms. The zero-order valence-corrected chi connectivity index (χ0v) is 17.7. The summed E-state index contributed by atoms with van der Waals surface area (Å²) in [5.41, 5.74) is 1.60. The fourth-order valence-electron chi connectivity index (χ4n) is 4.11. The zero-order valence-electron chi connectivity index (χ0n) is 17.7. The van der Waals surface area contributed by atoms with E-state index in [4.69, 9.17) is 9.26 Å². The number of aromatic nitrogens is 1. The monoisotopic (exact) mass is 399 g/mol. The lowest BCUT2D eigenvalue weighted by Gasteiger charge is -2.38. The Morgan fingerprint density at radius 1 is 1.21 bits per heavy atom. The molecule has 1 amide bonds. The first-order chi connectivity index (χ1) is 14.1. The van der Waals surface area contributed by atoms with Crippen molar-refractivity contribution in [2.24, 2.45) is 5.41 Å². The minimum atomic E-state index is -0.359. The number of aryl methyl sites for hydroxylation is 1. The van der Waals surface area contributed by atoms with Crippen LogP contribution in [0.5, 0.6) is 0 Å². The second-order valence-corrected chi connectivity index (χ2v) is 8.05. The van der Waals surface area contributed by atoms with Crippen LogP contribution in [0, 0.1) is 5.41 Å². The fourth-order valence-corrected chi connectivity index (χ4v) is 4.11. The Balaban J connectivity index is 1.40. The van der Waals surface area contributed by atoms with Gasteiger partial charge in [0, 0.05) is 38.8 Å². The van der Waals surface area contributed by atoms with Crippen molar-refractivity contribution in [2.75, 3.05) is 40.4 Å². The lowest BCUT2D eigenvalue weighted by molar-refractivity contribution is -0.146. The van der Waals surface area contributed by atoms with Gasteiger partial charge in [-0.2, -0.15) is 0 Å². The van der Waals surface area contributed by atoms with Gasteiger partial charge in [-0.15, -0.1) is 0 Å². The summed E-state index contributed by atoms with van der Waals surface area (Å²) >= 11 is 0. The normalized spacial score (nSPS) is 15.9. The van der Waals surface area contributed by atoms with Crippen LogP contribution >= 0.6 is 0 Å². The summed E-state index contributed by atoms with van der Waals surface area (Å²) in [7, 11) is 3.61. The molecular formula is C23H33N3O3. The first-order valence-electron chi connectivity index (χ1n) is 10.6. The molecule has 1 fully saturated rings. The van der Waals surface area contributed by atoms with E-state index >= 15 is 0 Å². The molecule has 1 aromatic carbocycles. The Bertz CT molecular complexity index is 748. The van der Waals surface area contributed by atoms with Crippen LogP contribution in [-0.4, -0.2) is 56.4 Å². The highest BCUT2D eigenvalue weighted by atomic mass is 16.5. The second kappa shape index (κ2) is 10.6. The Morgan fingerprint density at radius 3 is 2.69 bits per heavy atom. The van der Waals surface area contributed by atoms with Crippen molar-refractivity contribution in [3.63, 3.8) is 0 Å². The van der Waals surface area contributed by atoms with Crippen molar-refractivity contribution in [1.29, 1.82) is 0 Å². The van der Waals surface area contributed by atoms with Gasteiger partial charge < -0.3 is 19.5 Å². The first kappa shape index (κ1) is 21.5. The zero-order chi connectivity index (χ0) is 20.5. The van der Waals surface area contributed by atoms with Gasteiger partial charge in [0.05, 0.1) is 12.0 Å². The summed E-state index contributed by atoms with van der Waals surface area (Å²) < 4.78 is 10.9. The number of piperidine rings is 1. The van der Waals surface area contributed by atoms with Gasteiger partial charge in [-0.1, -0.05) is 41.9 Å². The van der Waals surface area contributed by atoms with Crippen molar-refractivity contribution in [3.05, 3.63) is 42.2 Å². The van der Waals surface area contributed by atoms with Crippen molar-refractivity contribution in [3.8, 4) is 11.3 Å². The maximum Gasteiger partial charge on any atom is 0.230 e. The summed E-state index contributed by atoms with van der Waals surface area (Å²) in [6.07, 6.45) is 5.63. The highest BCUT2D eigenvalue weighted by molar-refractivity contribution is 5.82.